The lowest BCUT2D eigenvalue weighted by Crippen LogP contribution is -2.44. The molecule has 10 heteroatoms. The fourth-order valence-electron chi connectivity index (χ4n) is 1.96. The number of benzene rings is 1. The molecule has 2 N–H and O–H groups in total. The zero-order chi connectivity index (χ0) is 17.5. The summed E-state index contributed by atoms with van der Waals surface area (Å²) in [6, 6.07) is 4.83. The van der Waals surface area contributed by atoms with E-state index in [2.05, 4.69) is 10.9 Å². The van der Waals surface area contributed by atoms with Crippen LogP contribution in [0.15, 0.2) is 24.3 Å². The van der Waals surface area contributed by atoms with Crippen molar-refractivity contribution in [3.05, 3.63) is 39.9 Å². The maximum Gasteiger partial charge on any atom is 0.335 e. The molecule has 0 saturated carbocycles. The minimum Gasteiger partial charge on any atom is -0.454 e. The number of nitrogens with one attached hydrogen (secondary N) is 2. The number of nitrogens with zero attached hydrogens (tertiary/aromatic N) is 1. The number of hydrogen-bond donors (Lipinski definition) is 2. The first-order valence-corrected chi connectivity index (χ1v) is 7.09. The van der Waals surface area contributed by atoms with E-state index in [1.54, 1.807) is 0 Å². The topological polar surface area (TPSA) is 137 Å². The largest absolute Gasteiger partial charge is 0.454 e. The van der Waals surface area contributed by atoms with Crippen LogP contribution in [-0.4, -0.2) is 42.0 Å². The van der Waals surface area contributed by atoms with Gasteiger partial charge in [-0.1, -0.05) is 0 Å². The van der Waals surface area contributed by atoms with Crippen LogP contribution in [0, 0.1) is 10.1 Å². The Morgan fingerprint density at radius 1 is 1.25 bits per heavy atom. The Hall–Kier alpha value is -3.01. The van der Waals surface area contributed by atoms with Crippen molar-refractivity contribution in [3.63, 3.8) is 0 Å². The molecule has 1 heterocycles. The van der Waals surface area contributed by atoms with Gasteiger partial charge in [0, 0.05) is 24.3 Å². The van der Waals surface area contributed by atoms with Crippen molar-refractivity contribution in [1.82, 2.24) is 10.9 Å². The van der Waals surface area contributed by atoms with E-state index in [1.165, 1.54) is 24.3 Å². The Morgan fingerprint density at radius 3 is 2.54 bits per heavy atom. The van der Waals surface area contributed by atoms with Crippen molar-refractivity contribution in [2.24, 2.45) is 0 Å². The van der Waals surface area contributed by atoms with Gasteiger partial charge in [0.1, 0.15) is 0 Å². The fraction of sp³-hybridized carbons (Fsp3) is 0.357. The third kappa shape index (κ3) is 4.74. The van der Waals surface area contributed by atoms with Crippen molar-refractivity contribution >= 4 is 23.5 Å². The molecule has 0 aliphatic carbocycles. The molecule has 1 aromatic rings. The van der Waals surface area contributed by atoms with E-state index >= 15 is 0 Å². The summed E-state index contributed by atoms with van der Waals surface area (Å²) >= 11 is 0. The van der Waals surface area contributed by atoms with Gasteiger partial charge in [0.25, 0.3) is 17.5 Å². The average Bonchev–Trinajstić information content (AvgIpc) is 3.12. The van der Waals surface area contributed by atoms with Gasteiger partial charge >= 0.3 is 5.97 Å². The number of carbonyl (C=O) groups is 3. The van der Waals surface area contributed by atoms with Crippen molar-refractivity contribution in [1.29, 1.82) is 0 Å². The Balaban J connectivity index is 1.73. The molecule has 128 valence electrons. The summed E-state index contributed by atoms with van der Waals surface area (Å²) in [7, 11) is 0. The standard InChI is InChI=1S/C14H15N3O7/c18-12(8-24-14(20)11-2-1-7-23-11)15-16-13(19)9-3-5-10(6-4-9)17(21)22/h3-6,11H,1-2,7-8H2,(H,15,18)(H,16,19). The number of ether oxygens (including phenoxy) is 2. The molecule has 0 bridgehead atoms. The monoisotopic (exact) mass is 337 g/mol. The normalized spacial score (nSPS) is 16.2. The third-order valence-electron chi connectivity index (χ3n) is 3.19. The first-order chi connectivity index (χ1) is 11.5. The molecule has 1 aliphatic heterocycles. The van der Waals surface area contributed by atoms with Crippen LogP contribution in [0.4, 0.5) is 5.69 Å². The molecule has 1 fully saturated rings. The molecule has 1 aliphatic rings. The number of non-ortho nitro benzene ring substituents is 1. The van der Waals surface area contributed by atoms with Crippen LogP contribution >= 0.6 is 0 Å². The van der Waals surface area contributed by atoms with E-state index in [-0.39, 0.29) is 11.3 Å². The highest BCUT2D eigenvalue weighted by Crippen LogP contribution is 2.13. The van der Waals surface area contributed by atoms with Crippen molar-refractivity contribution in [2.45, 2.75) is 18.9 Å². The molecular formula is C14H15N3O7. The minimum atomic E-state index is -0.725. The Bertz CT molecular complexity index is 638. The number of amides is 2. The van der Waals surface area contributed by atoms with E-state index in [4.69, 9.17) is 9.47 Å². The van der Waals surface area contributed by atoms with Gasteiger partial charge < -0.3 is 9.47 Å². The average molecular weight is 337 g/mol. The predicted molar refractivity (Wildman–Crippen MR) is 78.6 cm³/mol. The summed E-state index contributed by atoms with van der Waals surface area (Å²) in [5.41, 5.74) is 4.15. The first-order valence-electron chi connectivity index (χ1n) is 7.09. The summed E-state index contributed by atoms with van der Waals surface area (Å²) < 4.78 is 9.87. The van der Waals surface area contributed by atoms with Crippen LogP contribution in [0.2, 0.25) is 0 Å². The molecule has 0 spiro atoms. The number of rotatable bonds is 5. The second kappa shape index (κ2) is 8.02. The van der Waals surface area contributed by atoms with Crippen LogP contribution < -0.4 is 10.9 Å². The van der Waals surface area contributed by atoms with Crippen LogP contribution in [0.25, 0.3) is 0 Å². The zero-order valence-corrected chi connectivity index (χ0v) is 12.5. The van der Waals surface area contributed by atoms with Crippen LogP contribution in [0.1, 0.15) is 23.2 Å². The van der Waals surface area contributed by atoms with Gasteiger partial charge in [0.2, 0.25) is 0 Å². The summed E-state index contributed by atoms with van der Waals surface area (Å²) in [6.07, 6.45) is 0.668. The molecule has 1 aromatic carbocycles. The minimum absolute atomic E-state index is 0.122. The lowest BCUT2D eigenvalue weighted by Gasteiger charge is -2.10. The molecule has 2 amide bonds. The quantitative estimate of drug-likeness (QED) is 0.441. The predicted octanol–water partition coefficient (Wildman–Crippen LogP) is 0.0780. The molecular weight excluding hydrogens is 322 g/mol. The molecule has 1 unspecified atom stereocenters. The Labute approximate surface area is 136 Å². The summed E-state index contributed by atoms with van der Waals surface area (Å²) in [5.74, 6) is -2.01. The number of carbonyl (C=O) groups excluding carboxylic acids is 3. The SMILES string of the molecule is O=C(COC(=O)C1CCCO1)NNC(=O)c1ccc([N+](=O)[O-])cc1. The highest BCUT2D eigenvalue weighted by molar-refractivity contribution is 5.95. The van der Waals surface area contributed by atoms with Crippen LogP contribution in [0.3, 0.4) is 0 Å². The molecule has 0 radical (unpaired) electrons. The summed E-state index contributed by atoms with van der Waals surface area (Å²) in [5, 5.41) is 10.5. The zero-order valence-electron chi connectivity index (χ0n) is 12.5. The molecule has 0 aromatic heterocycles. The first kappa shape index (κ1) is 17.3. The maximum atomic E-state index is 11.8. The molecule has 1 saturated heterocycles. The number of hydrogen-bond acceptors (Lipinski definition) is 7. The van der Waals surface area contributed by atoms with E-state index in [0.717, 1.165) is 6.42 Å². The van der Waals surface area contributed by atoms with Gasteiger partial charge in [-0.05, 0) is 25.0 Å². The third-order valence-corrected chi connectivity index (χ3v) is 3.19. The lowest BCUT2D eigenvalue weighted by molar-refractivity contribution is -0.384. The van der Waals surface area contributed by atoms with Crippen LogP contribution in [0.5, 0.6) is 0 Å². The van der Waals surface area contributed by atoms with Crippen molar-refractivity contribution in [2.75, 3.05) is 13.2 Å². The van der Waals surface area contributed by atoms with Crippen molar-refractivity contribution < 1.29 is 28.8 Å². The molecule has 1 atom stereocenters. The molecule has 2 rings (SSSR count). The highest BCUT2D eigenvalue weighted by Gasteiger charge is 2.25. The number of nitro groups is 1. The smallest absolute Gasteiger partial charge is 0.335 e. The maximum absolute atomic E-state index is 11.8. The fourth-order valence-corrected chi connectivity index (χ4v) is 1.96. The second-order valence-electron chi connectivity index (χ2n) is 4.92. The van der Waals surface area contributed by atoms with Gasteiger partial charge in [-0.25, -0.2) is 4.79 Å². The summed E-state index contributed by atoms with van der Waals surface area (Å²) in [4.78, 5) is 44.7. The van der Waals surface area contributed by atoms with E-state index in [0.29, 0.717) is 13.0 Å². The van der Waals surface area contributed by atoms with Gasteiger partial charge in [0.15, 0.2) is 12.7 Å². The van der Waals surface area contributed by atoms with Gasteiger partial charge in [-0.2, -0.15) is 0 Å². The van der Waals surface area contributed by atoms with E-state index < -0.39 is 35.4 Å². The van der Waals surface area contributed by atoms with Gasteiger partial charge in [0.05, 0.1) is 4.92 Å². The number of nitro benzene ring substituents is 1. The van der Waals surface area contributed by atoms with E-state index in [9.17, 15) is 24.5 Å². The Kier molecular flexibility index (Phi) is 5.79. The van der Waals surface area contributed by atoms with Gasteiger partial charge in [-0.3, -0.25) is 30.6 Å². The highest BCUT2D eigenvalue weighted by atomic mass is 16.6. The van der Waals surface area contributed by atoms with Crippen molar-refractivity contribution in [3.8, 4) is 0 Å². The van der Waals surface area contributed by atoms with Gasteiger partial charge in [-0.15, -0.1) is 0 Å². The lowest BCUT2D eigenvalue weighted by atomic mass is 10.2. The van der Waals surface area contributed by atoms with Crippen LogP contribution in [-0.2, 0) is 19.1 Å². The number of hydrazine groups is 1. The number of esters is 1. The molecule has 24 heavy (non-hydrogen) atoms. The summed E-state index contributed by atoms with van der Waals surface area (Å²) in [6.45, 7) is -0.0729. The molecule has 10 nitrogen and oxygen atoms in total. The van der Waals surface area contributed by atoms with E-state index in [1.807, 2.05) is 0 Å². The Morgan fingerprint density at radius 2 is 1.96 bits per heavy atom. The second-order valence-corrected chi connectivity index (χ2v) is 4.92.